The minimum atomic E-state index is -4.13. The number of aromatic nitrogens is 2. The van der Waals surface area contributed by atoms with E-state index in [0.717, 1.165) is 23.3 Å². The van der Waals surface area contributed by atoms with Crippen LogP contribution in [0.4, 0.5) is 0 Å². The van der Waals surface area contributed by atoms with Crippen molar-refractivity contribution < 1.29 is 64.4 Å². The summed E-state index contributed by atoms with van der Waals surface area (Å²) in [6, 6.07) is 7.72. The first-order valence-corrected chi connectivity index (χ1v) is 7.46. The summed E-state index contributed by atoms with van der Waals surface area (Å²) in [6.45, 7) is 2.51. The molecule has 2 rings (SSSR count). The maximum atomic E-state index is 10.6. The van der Waals surface area contributed by atoms with Gasteiger partial charge in [0.2, 0.25) is 0 Å². The predicted octanol–water partition coefficient (Wildman–Crippen LogP) is -1.46. The Morgan fingerprint density at radius 3 is 2.63 bits per heavy atom. The number of para-hydroxylation sites is 2. The van der Waals surface area contributed by atoms with Crippen molar-refractivity contribution >= 4 is 21.2 Å². The standard InChI is InChI=1S/C12H16N2O3S.K/c1-2-12-13-10-6-3-4-7-11(10)14(12)8-5-9-18(15,16)17;/h3-4,6-7H,2,5,8-9H2,1H3,(H,15,16,17);/q;+1/p-1. The van der Waals surface area contributed by atoms with E-state index in [2.05, 4.69) is 4.98 Å². The van der Waals surface area contributed by atoms with Gasteiger partial charge in [-0.1, -0.05) is 19.1 Å². The van der Waals surface area contributed by atoms with Crippen LogP contribution in [0.1, 0.15) is 19.2 Å². The van der Waals surface area contributed by atoms with Crippen molar-refractivity contribution in [2.75, 3.05) is 5.75 Å². The van der Waals surface area contributed by atoms with Gasteiger partial charge < -0.3 is 9.12 Å². The molecule has 0 saturated carbocycles. The van der Waals surface area contributed by atoms with Crippen molar-refractivity contribution in [3.63, 3.8) is 0 Å². The van der Waals surface area contributed by atoms with Gasteiger partial charge in [0.15, 0.2) is 0 Å². The van der Waals surface area contributed by atoms with Gasteiger partial charge in [-0.25, -0.2) is 13.4 Å². The number of fused-ring (bicyclic) bond motifs is 1. The van der Waals surface area contributed by atoms with Gasteiger partial charge in [0, 0.05) is 18.7 Å². The molecule has 0 saturated heterocycles. The van der Waals surface area contributed by atoms with E-state index in [1.165, 1.54) is 0 Å². The summed E-state index contributed by atoms with van der Waals surface area (Å²) in [5, 5.41) is 0. The Morgan fingerprint density at radius 1 is 1.32 bits per heavy atom. The molecule has 0 unspecified atom stereocenters. The summed E-state index contributed by atoms with van der Waals surface area (Å²) < 4.78 is 33.8. The molecule has 0 atom stereocenters. The minimum Gasteiger partial charge on any atom is -0.748 e. The molecule has 0 aliphatic rings. The Hall–Kier alpha value is 0.236. The summed E-state index contributed by atoms with van der Waals surface area (Å²) in [5.74, 6) is 0.586. The molecule has 1 aromatic heterocycles. The molecule has 7 heteroatoms. The van der Waals surface area contributed by atoms with Crippen molar-refractivity contribution in [2.24, 2.45) is 0 Å². The molecule has 0 spiro atoms. The molecule has 19 heavy (non-hydrogen) atoms. The maximum absolute atomic E-state index is 10.6. The monoisotopic (exact) mass is 306 g/mol. The van der Waals surface area contributed by atoms with Crippen LogP contribution in [0.2, 0.25) is 0 Å². The molecule has 1 aromatic carbocycles. The number of nitrogens with zero attached hydrogens (tertiary/aromatic N) is 2. The fourth-order valence-electron chi connectivity index (χ4n) is 2.04. The fourth-order valence-corrected chi connectivity index (χ4v) is 2.53. The van der Waals surface area contributed by atoms with Gasteiger partial charge in [0.1, 0.15) is 5.82 Å². The molecule has 98 valence electrons. The van der Waals surface area contributed by atoms with Crippen molar-refractivity contribution in [1.29, 1.82) is 0 Å². The van der Waals surface area contributed by atoms with Gasteiger partial charge >= 0.3 is 51.4 Å². The molecule has 2 aromatic rings. The van der Waals surface area contributed by atoms with E-state index in [9.17, 15) is 13.0 Å². The van der Waals surface area contributed by atoms with E-state index in [-0.39, 0.29) is 57.1 Å². The first-order chi connectivity index (χ1) is 8.51. The first kappa shape index (κ1) is 17.3. The predicted molar refractivity (Wildman–Crippen MR) is 68.3 cm³/mol. The number of aryl methyl sites for hydroxylation is 2. The first-order valence-electron chi connectivity index (χ1n) is 5.89. The van der Waals surface area contributed by atoms with E-state index < -0.39 is 10.1 Å². The summed E-state index contributed by atoms with van der Waals surface area (Å²) in [5.41, 5.74) is 1.89. The zero-order chi connectivity index (χ0) is 13.2. The van der Waals surface area contributed by atoms with Gasteiger partial charge in [-0.15, -0.1) is 0 Å². The molecular weight excluding hydrogens is 291 g/mol. The second kappa shape index (κ2) is 7.30. The molecule has 1 heterocycles. The van der Waals surface area contributed by atoms with Crippen LogP contribution in [0.25, 0.3) is 11.0 Å². The Balaban J connectivity index is 0.00000180. The third-order valence-electron chi connectivity index (χ3n) is 2.83. The van der Waals surface area contributed by atoms with E-state index in [0.29, 0.717) is 13.0 Å². The third kappa shape index (κ3) is 4.63. The fraction of sp³-hybridized carbons (Fsp3) is 0.417. The van der Waals surface area contributed by atoms with Crippen molar-refractivity contribution in [2.45, 2.75) is 26.3 Å². The van der Waals surface area contributed by atoms with E-state index in [1.807, 2.05) is 35.8 Å². The molecule has 0 bridgehead atoms. The van der Waals surface area contributed by atoms with Crippen LogP contribution in [-0.4, -0.2) is 28.3 Å². The molecule has 0 aliphatic heterocycles. The van der Waals surface area contributed by atoms with Gasteiger partial charge in [-0.2, -0.15) is 0 Å². The van der Waals surface area contributed by atoms with Crippen molar-refractivity contribution in [3.05, 3.63) is 30.1 Å². The zero-order valence-corrected chi connectivity index (χ0v) is 15.1. The topological polar surface area (TPSA) is 75.0 Å². The average molecular weight is 306 g/mol. The molecule has 0 amide bonds. The van der Waals surface area contributed by atoms with E-state index >= 15 is 0 Å². The van der Waals surface area contributed by atoms with Crippen molar-refractivity contribution in [1.82, 2.24) is 9.55 Å². The van der Waals surface area contributed by atoms with Crippen LogP contribution in [0, 0.1) is 0 Å². The molecule has 0 N–H and O–H groups in total. The normalized spacial score (nSPS) is 11.5. The quantitative estimate of drug-likeness (QED) is 0.500. The van der Waals surface area contributed by atoms with Crippen LogP contribution < -0.4 is 51.4 Å². The SMILES string of the molecule is CCc1nc2ccccc2n1CCCS(=O)(=O)[O-].[K+]. The Morgan fingerprint density at radius 2 is 2.00 bits per heavy atom. The summed E-state index contributed by atoms with van der Waals surface area (Å²) in [7, 11) is -4.13. The summed E-state index contributed by atoms with van der Waals surface area (Å²) >= 11 is 0. The second-order valence-corrected chi connectivity index (χ2v) is 5.66. The van der Waals surface area contributed by atoms with Gasteiger partial charge in [0.25, 0.3) is 0 Å². The largest absolute Gasteiger partial charge is 1.00 e. The van der Waals surface area contributed by atoms with Crippen LogP contribution in [0.5, 0.6) is 0 Å². The Bertz CT molecular complexity index is 652. The van der Waals surface area contributed by atoms with E-state index in [4.69, 9.17) is 0 Å². The second-order valence-electron chi connectivity index (χ2n) is 4.14. The number of benzene rings is 1. The van der Waals surface area contributed by atoms with Gasteiger partial charge in [-0.3, -0.25) is 0 Å². The maximum Gasteiger partial charge on any atom is 1.00 e. The molecule has 0 aliphatic carbocycles. The number of rotatable bonds is 5. The minimum absolute atomic E-state index is 0. The molecule has 0 radical (unpaired) electrons. The average Bonchev–Trinajstić information content (AvgIpc) is 2.66. The van der Waals surface area contributed by atoms with Crippen LogP contribution in [-0.2, 0) is 23.1 Å². The van der Waals surface area contributed by atoms with Gasteiger partial charge in [-0.05, 0) is 18.6 Å². The summed E-state index contributed by atoms with van der Waals surface area (Å²) in [4.78, 5) is 4.48. The summed E-state index contributed by atoms with van der Waals surface area (Å²) in [6.07, 6.45) is 1.10. The molecule has 5 nitrogen and oxygen atoms in total. The van der Waals surface area contributed by atoms with Gasteiger partial charge in [0.05, 0.1) is 21.2 Å². The molecule has 0 fully saturated rings. The Kier molecular flexibility index (Phi) is 6.65. The zero-order valence-electron chi connectivity index (χ0n) is 11.2. The van der Waals surface area contributed by atoms with E-state index in [1.54, 1.807) is 0 Å². The van der Waals surface area contributed by atoms with Crippen molar-refractivity contribution in [3.8, 4) is 0 Å². The smallest absolute Gasteiger partial charge is 0.748 e. The van der Waals surface area contributed by atoms with Crippen LogP contribution >= 0.6 is 0 Å². The number of imidazole rings is 1. The Labute approximate surface area is 155 Å². The third-order valence-corrected chi connectivity index (χ3v) is 3.61. The molecular formula is C12H15KN2O3S. The number of hydrogen-bond donors (Lipinski definition) is 0. The van der Waals surface area contributed by atoms with Crippen LogP contribution in [0.15, 0.2) is 24.3 Å². The van der Waals surface area contributed by atoms with Crippen LogP contribution in [0.3, 0.4) is 0 Å². The number of hydrogen-bond acceptors (Lipinski definition) is 4.